The van der Waals surface area contributed by atoms with Gasteiger partial charge in [0, 0.05) is 24.8 Å². The Hall–Kier alpha value is -2.93. The molecular weight excluding hydrogens is 596 g/mol. The highest BCUT2D eigenvalue weighted by molar-refractivity contribution is 9.10. The Bertz CT molecular complexity index is 1400. The third kappa shape index (κ3) is 6.73. The standard InChI is InChI=1S/C26H27BrN2O7S2/c1-35-26(32)25-23(36-15-21(30)31)22(27)24(37-25)18-8-5-9-20(14-18)28-19-10-12-29(13-11-19)38(33,34)16-17-6-3-2-4-7-17/h2-9,14,19,28H,10-13,15-16H2,1H3,(H,30,31). The average Bonchev–Trinajstić information content (AvgIpc) is 3.23. The van der Waals surface area contributed by atoms with E-state index in [1.807, 2.05) is 54.6 Å². The fraction of sp³-hybridized carbons (Fsp3) is 0.308. The van der Waals surface area contributed by atoms with Crippen molar-refractivity contribution in [2.75, 3.05) is 32.1 Å². The summed E-state index contributed by atoms with van der Waals surface area (Å²) in [4.78, 5) is 24.1. The van der Waals surface area contributed by atoms with Crippen molar-refractivity contribution in [3.63, 3.8) is 0 Å². The van der Waals surface area contributed by atoms with Gasteiger partial charge in [-0.3, -0.25) is 0 Å². The van der Waals surface area contributed by atoms with Gasteiger partial charge in [-0.15, -0.1) is 11.3 Å². The van der Waals surface area contributed by atoms with Gasteiger partial charge in [0.2, 0.25) is 10.0 Å². The van der Waals surface area contributed by atoms with E-state index in [4.69, 9.17) is 14.6 Å². The predicted octanol–water partition coefficient (Wildman–Crippen LogP) is 4.83. The van der Waals surface area contributed by atoms with Gasteiger partial charge >= 0.3 is 11.9 Å². The molecule has 38 heavy (non-hydrogen) atoms. The molecule has 1 aliphatic heterocycles. The number of piperidine rings is 1. The lowest BCUT2D eigenvalue weighted by Crippen LogP contribution is -2.42. The van der Waals surface area contributed by atoms with E-state index in [0.29, 0.717) is 35.3 Å². The summed E-state index contributed by atoms with van der Waals surface area (Å²) in [7, 11) is -2.14. The van der Waals surface area contributed by atoms with Crippen LogP contribution in [0.4, 0.5) is 5.69 Å². The van der Waals surface area contributed by atoms with Gasteiger partial charge in [-0.2, -0.15) is 0 Å². The Morgan fingerprint density at radius 3 is 2.50 bits per heavy atom. The number of methoxy groups -OCH3 is 1. The molecule has 12 heteroatoms. The van der Waals surface area contributed by atoms with Crippen LogP contribution in [0.1, 0.15) is 28.1 Å². The van der Waals surface area contributed by atoms with E-state index in [9.17, 15) is 18.0 Å². The highest BCUT2D eigenvalue weighted by Gasteiger charge is 2.29. The van der Waals surface area contributed by atoms with E-state index in [0.717, 1.165) is 28.2 Å². The number of nitrogens with zero attached hydrogens (tertiary/aromatic N) is 1. The zero-order chi connectivity index (χ0) is 27.3. The van der Waals surface area contributed by atoms with Gasteiger partial charge in [-0.25, -0.2) is 22.3 Å². The topological polar surface area (TPSA) is 122 Å². The number of thiophene rings is 1. The van der Waals surface area contributed by atoms with Gasteiger partial charge in [0.15, 0.2) is 17.2 Å². The summed E-state index contributed by atoms with van der Waals surface area (Å²) in [5.41, 5.74) is 2.42. The molecule has 0 bridgehead atoms. The second-order valence-corrected chi connectivity index (χ2v) is 12.5. The van der Waals surface area contributed by atoms with Gasteiger partial charge in [0.1, 0.15) is 0 Å². The predicted molar refractivity (Wildman–Crippen MR) is 149 cm³/mol. The third-order valence-corrected chi connectivity index (χ3v) is 10.1. The molecule has 0 amide bonds. The molecule has 2 aromatic carbocycles. The van der Waals surface area contributed by atoms with E-state index in [1.165, 1.54) is 7.11 Å². The summed E-state index contributed by atoms with van der Waals surface area (Å²) in [6.45, 7) is 0.283. The van der Waals surface area contributed by atoms with Crippen LogP contribution in [0.3, 0.4) is 0 Å². The smallest absolute Gasteiger partial charge is 0.351 e. The van der Waals surface area contributed by atoms with Crippen LogP contribution in [0.2, 0.25) is 0 Å². The van der Waals surface area contributed by atoms with E-state index in [1.54, 1.807) is 4.31 Å². The van der Waals surface area contributed by atoms with Crippen LogP contribution >= 0.6 is 27.3 Å². The molecule has 2 heterocycles. The number of rotatable bonds is 10. The molecule has 2 N–H and O–H groups in total. The second kappa shape index (κ2) is 12.3. The normalized spacial score (nSPS) is 14.7. The minimum Gasteiger partial charge on any atom is -0.479 e. The number of halogens is 1. The van der Waals surface area contributed by atoms with Crippen molar-refractivity contribution in [3.8, 4) is 16.2 Å². The number of aliphatic carboxylic acids is 1. The average molecular weight is 624 g/mol. The number of hydrogen-bond donors (Lipinski definition) is 2. The molecular formula is C26H27BrN2O7S2. The fourth-order valence-electron chi connectivity index (χ4n) is 4.21. The zero-order valence-corrected chi connectivity index (χ0v) is 23.8. The summed E-state index contributed by atoms with van der Waals surface area (Å²) in [6.07, 6.45) is 1.33. The number of anilines is 1. The lowest BCUT2D eigenvalue weighted by atomic mass is 10.1. The summed E-state index contributed by atoms with van der Waals surface area (Å²) in [5.74, 6) is -1.66. The molecule has 1 saturated heterocycles. The molecule has 202 valence electrons. The van der Waals surface area contributed by atoms with Gasteiger partial charge in [-0.1, -0.05) is 42.5 Å². The first-order valence-corrected chi connectivity index (χ1v) is 15.0. The van der Waals surface area contributed by atoms with Gasteiger partial charge in [-0.05, 0) is 52.0 Å². The summed E-state index contributed by atoms with van der Waals surface area (Å²) in [5, 5.41) is 12.5. The number of carboxylic acid groups (broad SMARTS) is 1. The highest BCUT2D eigenvalue weighted by Crippen LogP contribution is 2.46. The number of carbonyl (C=O) groups excluding carboxylic acids is 1. The molecule has 0 saturated carbocycles. The van der Waals surface area contributed by atoms with Crippen LogP contribution < -0.4 is 10.1 Å². The second-order valence-electron chi connectivity index (χ2n) is 8.72. The maximum Gasteiger partial charge on any atom is 0.351 e. The number of nitrogens with one attached hydrogen (secondary N) is 1. The molecule has 1 aliphatic rings. The molecule has 0 spiro atoms. The molecule has 0 aliphatic carbocycles. The lowest BCUT2D eigenvalue weighted by molar-refractivity contribution is -0.139. The van der Waals surface area contributed by atoms with Crippen LogP contribution in [0.25, 0.3) is 10.4 Å². The van der Waals surface area contributed by atoms with Gasteiger partial charge in [0.25, 0.3) is 0 Å². The number of ether oxygens (including phenoxy) is 2. The Balaban J connectivity index is 1.44. The van der Waals surface area contributed by atoms with Crippen molar-refractivity contribution >= 4 is 54.9 Å². The van der Waals surface area contributed by atoms with Crippen LogP contribution in [-0.4, -0.2) is 62.6 Å². The molecule has 4 rings (SSSR count). The van der Waals surface area contributed by atoms with Gasteiger partial charge < -0.3 is 19.9 Å². The van der Waals surface area contributed by atoms with Crippen molar-refractivity contribution in [1.82, 2.24) is 4.31 Å². The Morgan fingerprint density at radius 1 is 1.13 bits per heavy atom. The lowest BCUT2D eigenvalue weighted by Gasteiger charge is -2.32. The fourth-order valence-corrected chi connectivity index (χ4v) is 7.74. The Kier molecular flexibility index (Phi) is 9.08. The van der Waals surface area contributed by atoms with Crippen LogP contribution in [0.15, 0.2) is 59.1 Å². The molecule has 0 atom stereocenters. The van der Waals surface area contributed by atoms with E-state index >= 15 is 0 Å². The van der Waals surface area contributed by atoms with Crippen molar-refractivity contribution in [2.24, 2.45) is 0 Å². The molecule has 3 aromatic rings. The maximum absolute atomic E-state index is 12.9. The van der Waals surface area contributed by atoms with Crippen molar-refractivity contribution in [1.29, 1.82) is 0 Å². The summed E-state index contributed by atoms with van der Waals surface area (Å²) >= 11 is 4.60. The first-order chi connectivity index (χ1) is 18.2. The largest absolute Gasteiger partial charge is 0.479 e. The van der Waals surface area contributed by atoms with E-state index < -0.39 is 28.6 Å². The van der Waals surface area contributed by atoms with Crippen LogP contribution in [0, 0.1) is 0 Å². The van der Waals surface area contributed by atoms with Crippen molar-refractivity contribution in [2.45, 2.75) is 24.6 Å². The minimum absolute atomic E-state index is 0.00456. The first kappa shape index (κ1) is 28.1. The first-order valence-electron chi connectivity index (χ1n) is 11.8. The highest BCUT2D eigenvalue weighted by atomic mass is 79.9. The maximum atomic E-state index is 12.9. The van der Waals surface area contributed by atoms with Crippen LogP contribution in [-0.2, 0) is 25.3 Å². The summed E-state index contributed by atoms with van der Waals surface area (Å²) in [6, 6.07) is 16.9. The van der Waals surface area contributed by atoms with Crippen LogP contribution in [0.5, 0.6) is 5.75 Å². The number of benzene rings is 2. The van der Waals surface area contributed by atoms with Crippen molar-refractivity contribution < 1.29 is 32.6 Å². The molecule has 1 aromatic heterocycles. The van der Waals surface area contributed by atoms with Crippen molar-refractivity contribution in [3.05, 3.63) is 69.5 Å². The Labute approximate surface area is 233 Å². The molecule has 0 unspecified atom stereocenters. The molecule has 9 nitrogen and oxygen atoms in total. The molecule has 0 radical (unpaired) electrons. The quantitative estimate of drug-likeness (QED) is 0.308. The number of carboxylic acids is 1. The van der Waals surface area contributed by atoms with Gasteiger partial charge in [0.05, 0.1) is 22.2 Å². The minimum atomic E-state index is -3.39. The zero-order valence-electron chi connectivity index (χ0n) is 20.6. The molecule has 1 fully saturated rings. The van der Waals surface area contributed by atoms with E-state index in [2.05, 4.69) is 21.2 Å². The third-order valence-electron chi connectivity index (χ3n) is 6.05. The monoisotopic (exact) mass is 622 g/mol. The Morgan fingerprint density at radius 2 is 1.84 bits per heavy atom. The number of esters is 1. The number of carbonyl (C=O) groups is 2. The summed E-state index contributed by atoms with van der Waals surface area (Å²) < 4.78 is 38.0. The number of hydrogen-bond acceptors (Lipinski definition) is 8. The van der Waals surface area contributed by atoms with E-state index in [-0.39, 0.29) is 22.4 Å². The SMILES string of the molecule is COC(=O)c1sc(-c2cccc(NC3CCN(S(=O)(=O)Cc4ccccc4)CC3)c2)c(Br)c1OCC(=O)O. The number of sulfonamides is 1.